The van der Waals surface area contributed by atoms with Gasteiger partial charge in [0.25, 0.3) is 5.91 Å². The van der Waals surface area contributed by atoms with Crippen LogP contribution in [0.1, 0.15) is 35.8 Å². The molecule has 1 aliphatic heterocycles. The van der Waals surface area contributed by atoms with Crippen molar-refractivity contribution in [2.45, 2.75) is 26.2 Å². The summed E-state index contributed by atoms with van der Waals surface area (Å²) in [6, 6.07) is 10.1. The number of hydrogen-bond acceptors (Lipinski definition) is 4. The monoisotopic (exact) mass is 296 g/mol. The molecule has 0 spiro atoms. The smallest absolute Gasteiger partial charge is 0.270 e. The third-order valence-corrected chi connectivity index (χ3v) is 3.81. The van der Waals surface area contributed by atoms with E-state index in [0.29, 0.717) is 12.2 Å². The van der Waals surface area contributed by atoms with Crippen LogP contribution in [0, 0.1) is 0 Å². The zero-order chi connectivity index (χ0) is 15.4. The molecule has 0 fully saturated rings. The summed E-state index contributed by atoms with van der Waals surface area (Å²) in [5.41, 5.74) is 2.92. The highest BCUT2D eigenvalue weighted by atomic mass is 16.1. The molecule has 0 saturated heterocycles. The van der Waals surface area contributed by atoms with Crippen LogP contribution in [-0.2, 0) is 6.42 Å². The Morgan fingerprint density at radius 1 is 1.32 bits per heavy atom. The number of carbonyl (C=O) groups is 1. The van der Waals surface area contributed by atoms with E-state index in [1.54, 1.807) is 6.07 Å². The van der Waals surface area contributed by atoms with E-state index in [0.717, 1.165) is 31.6 Å². The second-order valence-corrected chi connectivity index (χ2v) is 5.40. The van der Waals surface area contributed by atoms with Gasteiger partial charge in [-0.15, -0.1) is 0 Å². The first-order chi connectivity index (χ1) is 10.8. The Bertz CT molecular complexity index is 671. The molecule has 2 heterocycles. The first kappa shape index (κ1) is 14.5. The summed E-state index contributed by atoms with van der Waals surface area (Å²) in [6.45, 7) is 3.59. The number of para-hydroxylation sites is 1. The number of aromatic nitrogens is 2. The van der Waals surface area contributed by atoms with Gasteiger partial charge in [0.15, 0.2) is 0 Å². The highest BCUT2D eigenvalue weighted by Gasteiger charge is 2.20. The highest BCUT2D eigenvalue weighted by molar-refractivity contribution is 5.93. The van der Waals surface area contributed by atoms with Gasteiger partial charge < -0.3 is 10.2 Å². The summed E-state index contributed by atoms with van der Waals surface area (Å²) in [7, 11) is 0. The Kier molecular flexibility index (Phi) is 4.32. The minimum Gasteiger partial charge on any atom is -0.351 e. The maximum Gasteiger partial charge on any atom is 0.270 e. The number of rotatable bonds is 4. The number of nitrogens with zero attached hydrogens (tertiary/aromatic N) is 3. The van der Waals surface area contributed by atoms with Gasteiger partial charge >= 0.3 is 0 Å². The van der Waals surface area contributed by atoms with Crippen molar-refractivity contribution < 1.29 is 4.79 Å². The van der Waals surface area contributed by atoms with Crippen LogP contribution < -0.4 is 10.2 Å². The van der Waals surface area contributed by atoms with Crippen molar-refractivity contribution in [1.29, 1.82) is 0 Å². The van der Waals surface area contributed by atoms with Crippen LogP contribution in [0.2, 0.25) is 0 Å². The van der Waals surface area contributed by atoms with Gasteiger partial charge in [0.1, 0.15) is 17.8 Å². The zero-order valence-corrected chi connectivity index (χ0v) is 12.7. The molecule has 114 valence electrons. The lowest BCUT2D eigenvalue weighted by molar-refractivity contribution is 0.0948. The molecule has 22 heavy (non-hydrogen) atoms. The molecule has 0 atom stereocenters. The Morgan fingerprint density at radius 3 is 3.05 bits per heavy atom. The van der Waals surface area contributed by atoms with E-state index < -0.39 is 0 Å². The molecule has 0 aliphatic carbocycles. The van der Waals surface area contributed by atoms with E-state index in [1.807, 2.05) is 13.0 Å². The quantitative estimate of drug-likeness (QED) is 0.942. The van der Waals surface area contributed by atoms with Crippen molar-refractivity contribution >= 4 is 17.4 Å². The second kappa shape index (κ2) is 6.56. The van der Waals surface area contributed by atoms with E-state index in [9.17, 15) is 4.79 Å². The van der Waals surface area contributed by atoms with Crippen molar-refractivity contribution in [3.63, 3.8) is 0 Å². The summed E-state index contributed by atoms with van der Waals surface area (Å²) >= 11 is 0. The molecule has 0 radical (unpaired) electrons. The minimum absolute atomic E-state index is 0.143. The molecule has 1 aliphatic rings. The van der Waals surface area contributed by atoms with Crippen molar-refractivity contribution in [3.05, 3.63) is 47.9 Å². The molecule has 1 N–H and O–H groups in total. The van der Waals surface area contributed by atoms with Gasteiger partial charge in [0, 0.05) is 24.8 Å². The molecule has 0 bridgehead atoms. The average Bonchev–Trinajstić information content (AvgIpc) is 2.59. The van der Waals surface area contributed by atoms with Crippen LogP contribution in [0.3, 0.4) is 0 Å². The van der Waals surface area contributed by atoms with Gasteiger partial charge in [-0.2, -0.15) is 0 Å². The number of fused-ring (bicyclic) bond motifs is 1. The SMILES string of the molecule is CCCNC(=O)c1cc(N2CCCc3ccccc32)ncn1. The fourth-order valence-electron chi connectivity index (χ4n) is 2.72. The molecule has 2 aromatic rings. The molecular weight excluding hydrogens is 276 g/mol. The molecular formula is C17H20N4O. The molecule has 0 saturated carbocycles. The lowest BCUT2D eigenvalue weighted by Gasteiger charge is -2.30. The second-order valence-electron chi connectivity index (χ2n) is 5.40. The standard InChI is InChI=1S/C17H20N4O/c1-2-9-18-17(22)14-11-16(20-12-19-14)21-10-5-7-13-6-3-4-8-15(13)21/h3-4,6,8,11-12H,2,5,7,9-10H2,1H3,(H,18,22). The van der Waals surface area contributed by atoms with Gasteiger partial charge in [-0.25, -0.2) is 9.97 Å². The van der Waals surface area contributed by atoms with Crippen LogP contribution in [0.15, 0.2) is 36.7 Å². The largest absolute Gasteiger partial charge is 0.351 e. The average molecular weight is 296 g/mol. The van der Waals surface area contributed by atoms with E-state index >= 15 is 0 Å². The van der Waals surface area contributed by atoms with Crippen LogP contribution in [0.4, 0.5) is 11.5 Å². The normalized spacial score (nSPS) is 13.6. The van der Waals surface area contributed by atoms with Gasteiger partial charge in [-0.05, 0) is 30.9 Å². The summed E-state index contributed by atoms with van der Waals surface area (Å²) in [5.74, 6) is 0.639. The molecule has 5 heteroatoms. The van der Waals surface area contributed by atoms with E-state index in [2.05, 4.69) is 38.4 Å². The maximum absolute atomic E-state index is 12.1. The lowest BCUT2D eigenvalue weighted by Crippen LogP contribution is -2.28. The highest BCUT2D eigenvalue weighted by Crippen LogP contribution is 2.32. The van der Waals surface area contributed by atoms with Gasteiger partial charge in [0.2, 0.25) is 0 Å². The molecule has 1 amide bonds. The molecule has 0 unspecified atom stereocenters. The summed E-state index contributed by atoms with van der Waals surface area (Å²) in [6.07, 6.45) is 4.54. The molecule has 3 rings (SSSR count). The number of aryl methyl sites for hydroxylation is 1. The third kappa shape index (κ3) is 2.93. The zero-order valence-electron chi connectivity index (χ0n) is 12.7. The Labute approximate surface area is 130 Å². The van der Waals surface area contributed by atoms with Gasteiger partial charge in [-0.1, -0.05) is 25.1 Å². The van der Waals surface area contributed by atoms with Gasteiger partial charge in [0.05, 0.1) is 0 Å². The van der Waals surface area contributed by atoms with Crippen molar-refractivity contribution in [2.24, 2.45) is 0 Å². The van der Waals surface area contributed by atoms with E-state index in [1.165, 1.54) is 17.6 Å². The molecule has 1 aromatic heterocycles. The predicted molar refractivity (Wildman–Crippen MR) is 86.4 cm³/mol. The molecule has 5 nitrogen and oxygen atoms in total. The third-order valence-electron chi connectivity index (χ3n) is 3.81. The van der Waals surface area contributed by atoms with E-state index in [-0.39, 0.29) is 5.91 Å². The fourth-order valence-corrected chi connectivity index (χ4v) is 2.72. The lowest BCUT2D eigenvalue weighted by atomic mass is 10.0. The Hall–Kier alpha value is -2.43. The Morgan fingerprint density at radius 2 is 2.18 bits per heavy atom. The van der Waals surface area contributed by atoms with E-state index in [4.69, 9.17) is 0 Å². The summed E-state index contributed by atoms with van der Waals surface area (Å²) < 4.78 is 0. The number of anilines is 2. The minimum atomic E-state index is -0.143. The fraction of sp³-hybridized carbons (Fsp3) is 0.353. The number of carbonyl (C=O) groups excluding carboxylic acids is 1. The first-order valence-electron chi connectivity index (χ1n) is 7.75. The van der Waals surface area contributed by atoms with Crippen molar-refractivity contribution in [3.8, 4) is 0 Å². The van der Waals surface area contributed by atoms with Crippen molar-refractivity contribution in [1.82, 2.24) is 15.3 Å². The predicted octanol–water partition coefficient (Wildman–Crippen LogP) is 2.70. The number of amides is 1. The molecule has 1 aromatic carbocycles. The van der Waals surface area contributed by atoms with Crippen molar-refractivity contribution in [2.75, 3.05) is 18.0 Å². The van der Waals surface area contributed by atoms with Crippen LogP contribution in [0.5, 0.6) is 0 Å². The summed E-state index contributed by atoms with van der Waals surface area (Å²) in [5, 5.41) is 2.85. The number of benzene rings is 1. The van der Waals surface area contributed by atoms with Crippen LogP contribution in [-0.4, -0.2) is 29.0 Å². The van der Waals surface area contributed by atoms with Crippen LogP contribution >= 0.6 is 0 Å². The first-order valence-corrected chi connectivity index (χ1v) is 7.75. The number of hydrogen-bond donors (Lipinski definition) is 1. The summed E-state index contributed by atoms with van der Waals surface area (Å²) in [4.78, 5) is 22.7. The topological polar surface area (TPSA) is 58.1 Å². The van der Waals surface area contributed by atoms with Gasteiger partial charge in [-0.3, -0.25) is 4.79 Å². The van der Waals surface area contributed by atoms with Crippen LogP contribution in [0.25, 0.3) is 0 Å². The number of nitrogens with one attached hydrogen (secondary N) is 1. The maximum atomic E-state index is 12.1. The Balaban J connectivity index is 1.89.